The third-order valence-electron chi connectivity index (χ3n) is 6.43. The second-order valence-corrected chi connectivity index (χ2v) is 8.81. The SMILES string of the molecule is CCNC(=NCc1ccc(CN2CCCN(C)CC2)cc1)NC1CC2CCC1O2.I. The Kier molecular flexibility index (Phi) is 9.22. The summed E-state index contributed by atoms with van der Waals surface area (Å²) in [7, 11) is 2.22. The Morgan fingerprint density at radius 3 is 2.60 bits per heavy atom. The molecule has 3 heterocycles. The average Bonchev–Trinajstić information content (AvgIpc) is 3.28. The molecule has 3 aliphatic heterocycles. The van der Waals surface area contributed by atoms with Crippen molar-refractivity contribution >= 4 is 29.9 Å². The molecule has 3 atom stereocenters. The fourth-order valence-corrected chi connectivity index (χ4v) is 4.72. The van der Waals surface area contributed by atoms with Crippen molar-refractivity contribution in [2.75, 3.05) is 39.8 Å². The molecule has 1 aromatic rings. The molecule has 0 spiro atoms. The Labute approximate surface area is 198 Å². The number of hydrogen-bond acceptors (Lipinski definition) is 4. The van der Waals surface area contributed by atoms with Gasteiger partial charge in [-0.3, -0.25) is 4.90 Å². The molecule has 168 valence electrons. The van der Waals surface area contributed by atoms with Crippen LogP contribution in [0.3, 0.4) is 0 Å². The minimum atomic E-state index is 0. The fraction of sp³-hybridized carbons (Fsp3) is 0.696. The molecule has 0 aliphatic carbocycles. The first-order valence-electron chi connectivity index (χ1n) is 11.4. The predicted octanol–water partition coefficient (Wildman–Crippen LogP) is 2.82. The van der Waals surface area contributed by atoms with Crippen LogP contribution in [-0.2, 0) is 17.8 Å². The minimum Gasteiger partial charge on any atom is -0.373 e. The minimum absolute atomic E-state index is 0. The van der Waals surface area contributed by atoms with Crippen LogP contribution in [-0.4, -0.2) is 73.8 Å². The van der Waals surface area contributed by atoms with Gasteiger partial charge in [-0.2, -0.15) is 0 Å². The number of halogens is 1. The molecule has 30 heavy (non-hydrogen) atoms. The first-order valence-corrected chi connectivity index (χ1v) is 11.4. The highest BCUT2D eigenvalue weighted by atomic mass is 127. The Morgan fingerprint density at radius 1 is 1.10 bits per heavy atom. The van der Waals surface area contributed by atoms with Crippen LogP contribution in [0.4, 0.5) is 0 Å². The molecule has 1 aromatic carbocycles. The summed E-state index contributed by atoms with van der Waals surface area (Å²) in [5, 5.41) is 6.98. The molecule has 3 unspecified atom stereocenters. The summed E-state index contributed by atoms with van der Waals surface area (Å²) >= 11 is 0. The first kappa shape index (κ1) is 23.8. The van der Waals surface area contributed by atoms with Gasteiger partial charge in [-0.25, -0.2) is 4.99 Å². The lowest BCUT2D eigenvalue weighted by Crippen LogP contribution is -2.47. The van der Waals surface area contributed by atoms with Crippen molar-refractivity contribution in [2.45, 2.75) is 63.9 Å². The summed E-state index contributed by atoms with van der Waals surface area (Å²) in [5.74, 6) is 0.909. The van der Waals surface area contributed by atoms with Crippen molar-refractivity contribution in [2.24, 2.45) is 4.99 Å². The first-order chi connectivity index (χ1) is 14.2. The lowest BCUT2D eigenvalue weighted by Gasteiger charge is -2.22. The number of benzene rings is 1. The Hall–Kier alpha value is -0.900. The summed E-state index contributed by atoms with van der Waals surface area (Å²) in [6.07, 6.45) is 5.58. The van der Waals surface area contributed by atoms with E-state index in [1.54, 1.807) is 0 Å². The van der Waals surface area contributed by atoms with Crippen molar-refractivity contribution in [1.29, 1.82) is 0 Å². The monoisotopic (exact) mass is 527 g/mol. The lowest BCUT2D eigenvalue weighted by molar-refractivity contribution is 0.0992. The molecule has 0 radical (unpaired) electrons. The molecule has 3 fully saturated rings. The van der Waals surface area contributed by atoms with E-state index in [1.807, 2.05) is 0 Å². The predicted molar refractivity (Wildman–Crippen MR) is 133 cm³/mol. The van der Waals surface area contributed by atoms with Gasteiger partial charge in [0.15, 0.2) is 5.96 Å². The zero-order valence-corrected chi connectivity index (χ0v) is 20.8. The second-order valence-electron chi connectivity index (χ2n) is 8.81. The van der Waals surface area contributed by atoms with Crippen LogP contribution in [0.15, 0.2) is 29.3 Å². The van der Waals surface area contributed by atoms with Gasteiger partial charge in [0.1, 0.15) is 0 Å². The highest BCUT2D eigenvalue weighted by molar-refractivity contribution is 14.0. The number of likely N-dealkylation sites (N-methyl/N-ethyl adjacent to an activating group) is 1. The zero-order chi connectivity index (χ0) is 20.1. The standard InChI is InChI=1S/C23H37N5O.HI/c1-3-24-23(26-21-15-20-9-10-22(21)29-20)25-16-18-5-7-19(8-6-18)17-28-12-4-11-27(2)13-14-28;/h5-8,20-22H,3-4,9-17H2,1-2H3,(H2,24,25,26);1H. The van der Waals surface area contributed by atoms with Crippen molar-refractivity contribution in [3.8, 4) is 0 Å². The van der Waals surface area contributed by atoms with Gasteiger partial charge in [0.2, 0.25) is 0 Å². The quantitative estimate of drug-likeness (QED) is 0.339. The van der Waals surface area contributed by atoms with E-state index in [2.05, 4.69) is 58.7 Å². The van der Waals surface area contributed by atoms with E-state index in [4.69, 9.17) is 9.73 Å². The largest absolute Gasteiger partial charge is 0.373 e. The fourth-order valence-electron chi connectivity index (χ4n) is 4.72. The number of fused-ring (bicyclic) bond motifs is 2. The van der Waals surface area contributed by atoms with Crippen molar-refractivity contribution in [1.82, 2.24) is 20.4 Å². The van der Waals surface area contributed by atoms with Gasteiger partial charge < -0.3 is 20.3 Å². The van der Waals surface area contributed by atoms with E-state index >= 15 is 0 Å². The molecular weight excluding hydrogens is 489 g/mol. The molecule has 0 saturated carbocycles. The molecule has 2 N–H and O–H groups in total. The van der Waals surface area contributed by atoms with Crippen LogP contribution in [0.5, 0.6) is 0 Å². The van der Waals surface area contributed by atoms with Gasteiger partial charge in [0.05, 0.1) is 24.8 Å². The van der Waals surface area contributed by atoms with E-state index in [0.29, 0.717) is 24.8 Å². The van der Waals surface area contributed by atoms with Crippen molar-refractivity contribution < 1.29 is 4.74 Å². The second kappa shape index (κ2) is 11.6. The zero-order valence-electron chi connectivity index (χ0n) is 18.5. The van der Waals surface area contributed by atoms with E-state index < -0.39 is 0 Å². The summed E-state index contributed by atoms with van der Waals surface area (Å²) in [5.41, 5.74) is 2.65. The molecule has 6 nitrogen and oxygen atoms in total. The molecule has 4 rings (SSSR count). The number of nitrogens with zero attached hydrogens (tertiary/aromatic N) is 3. The van der Waals surface area contributed by atoms with Crippen LogP contribution < -0.4 is 10.6 Å². The highest BCUT2D eigenvalue weighted by Gasteiger charge is 2.41. The topological polar surface area (TPSA) is 52.1 Å². The number of ether oxygens (including phenoxy) is 1. The average molecular weight is 527 g/mol. The Morgan fingerprint density at radius 2 is 1.90 bits per heavy atom. The van der Waals surface area contributed by atoms with Crippen molar-refractivity contribution in [3.05, 3.63) is 35.4 Å². The smallest absolute Gasteiger partial charge is 0.191 e. The van der Waals surface area contributed by atoms with Gasteiger partial charge in [-0.15, -0.1) is 24.0 Å². The van der Waals surface area contributed by atoms with Crippen LogP contribution >= 0.6 is 24.0 Å². The highest BCUT2D eigenvalue weighted by Crippen LogP contribution is 2.34. The van der Waals surface area contributed by atoms with Gasteiger partial charge in [-0.1, -0.05) is 24.3 Å². The van der Waals surface area contributed by atoms with Crippen LogP contribution in [0.1, 0.15) is 43.7 Å². The van der Waals surface area contributed by atoms with E-state index in [1.165, 1.54) is 50.0 Å². The van der Waals surface area contributed by atoms with Gasteiger partial charge in [0, 0.05) is 26.2 Å². The van der Waals surface area contributed by atoms with Gasteiger partial charge >= 0.3 is 0 Å². The van der Waals surface area contributed by atoms with E-state index in [0.717, 1.165) is 32.0 Å². The molecule has 0 amide bonds. The summed E-state index contributed by atoms with van der Waals surface area (Å²) in [6.45, 7) is 9.47. The van der Waals surface area contributed by atoms with Crippen LogP contribution in [0.25, 0.3) is 0 Å². The molecular formula is C23H38IN5O. The Bertz CT molecular complexity index is 683. The molecule has 7 heteroatoms. The molecule has 3 saturated heterocycles. The van der Waals surface area contributed by atoms with Crippen molar-refractivity contribution in [3.63, 3.8) is 0 Å². The maximum atomic E-state index is 5.96. The summed E-state index contributed by atoms with van der Waals surface area (Å²) < 4.78 is 5.96. The van der Waals surface area contributed by atoms with E-state index in [9.17, 15) is 0 Å². The van der Waals surface area contributed by atoms with Crippen LogP contribution in [0.2, 0.25) is 0 Å². The number of aliphatic imine (C=N–C) groups is 1. The summed E-state index contributed by atoms with van der Waals surface area (Å²) in [6, 6.07) is 9.40. The number of nitrogens with one attached hydrogen (secondary N) is 2. The Balaban J connectivity index is 0.00000256. The summed E-state index contributed by atoms with van der Waals surface area (Å²) in [4.78, 5) is 9.82. The van der Waals surface area contributed by atoms with E-state index in [-0.39, 0.29) is 24.0 Å². The number of rotatable bonds is 6. The normalized spacial score (nSPS) is 27.5. The molecule has 0 aromatic heterocycles. The number of hydrogen-bond donors (Lipinski definition) is 2. The molecule has 2 bridgehead atoms. The van der Waals surface area contributed by atoms with Gasteiger partial charge in [-0.05, 0) is 63.9 Å². The third kappa shape index (κ3) is 6.55. The third-order valence-corrected chi connectivity index (χ3v) is 6.43. The van der Waals surface area contributed by atoms with Crippen LogP contribution in [0, 0.1) is 0 Å². The maximum absolute atomic E-state index is 5.96. The molecule has 3 aliphatic rings. The van der Waals surface area contributed by atoms with Gasteiger partial charge in [0.25, 0.3) is 0 Å². The maximum Gasteiger partial charge on any atom is 0.191 e. The number of guanidine groups is 1. The lowest BCUT2D eigenvalue weighted by atomic mass is 9.96.